The molecule has 3 aromatic rings. The second-order valence-corrected chi connectivity index (χ2v) is 9.86. The summed E-state index contributed by atoms with van der Waals surface area (Å²) in [6, 6.07) is 7.13. The number of nitrogens with zero attached hydrogens (tertiary/aromatic N) is 1. The quantitative estimate of drug-likeness (QED) is 0.593. The number of aromatic hydroxyl groups is 1. The number of hydrogen-bond donors (Lipinski definition) is 2. The zero-order chi connectivity index (χ0) is 20.0. The van der Waals surface area contributed by atoms with Crippen molar-refractivity contribution in [3.63, 3.8) is 0 Å². The van der Waals surface area contributed by atoms with E-state index in [1.54, 1.807) is 18.2 Å². The first kappa shape index (κ1) is 19.8. The normalized spacial score (nSPS) is 12.5. The molecule has 27 heavy (non-hydrogen) atoms. The molecule has 144 valence electrons. The largest absolute Gasteiger partial charge is 0.505 e. The van der Waals surface area contributed by atoms with Crippen molar-refractivity contribution < 1.29 is 17.9 Å². The molecule has 0 bridgehead atoms. The molecule has 6 nitrogen and oxygen atoms in total. The molecule has 0 unspecified atom stereocenters. The van der Waals surface area contributed by atoms with Crippen LogP contribution in [0.4, 0.5) is 5.69 Å². The summed E-state index contributed by atoms with van der Waals surface area (Å²) in [7, 11) is -4.11. The highest BCUT2D eigenvalue weighted by Gasteiger charge is 2.22. The van der Waals surface area contributed by atoms with E-state index in [4.69, 9.17) is 27.6 Å². The Morgan fingerprint density at radius 1 is 1.19 bits per heavy atom. The number of benzene rings is 2. The maximum Gasteiger partial charge on any atom is 0.265 e. The Labute approximate surface area is 167 Å². The van der Waals surface area contributed by atoms with Crippen molar-refractivity contribution in [2.75, 3.05) is 4.72 Å². The SMILES string of the molecule is CC(C)(C)Cc1nc2cc(NS(=O)(=O)c3cc(Cl)cc(Cl)c3O)ccc2o1. The fourth-order valence-electron chi connectivity index (χ4n) is 2.53. The summed E-state index contributed by atoms with van der Waals surface area (Å²) in [5.41, 5.74) is 1.37. The van der Waals surface area contributed by atoms with Gasteiger partial charge in [0.25, 0.3) is 10.0 Å². The van der Waals surface area contributed by atoms with Gasteiger partial charge in [-0.05, 0) is 35.7 Å². The molecule has 2 N–H and O–H groups in total. The van der Waals surface area contributed by atoms with E-state index in [1.807, 2.05) is 0 Å². The van der Waals surface area contributed by atoms with Crippen LogP contribution in [0.5, 0.6) is 5.75 Å². The van der Waals surface area contributed by atoms with Gasteiger partial charge in [-0.25, -0.2) is 13.4 Å². The average molecular weight is 429 g/mol. The number of hydrogen-bond acceptors (Lipinski definition) is 5. The highest BCUT2D eigenvalue weighted by molar-refractivity contribution is 7.92. The van der Waals surface area contributed by atoms with Crippen LogP contribution in [0, 0.1) is 5.41 Å². The fourth-order valence-corrected chi connectivity index (χ4v) is 4.33. The topological polar surface area (TPSA) is 92.4 Å². The fraction of sp³-hybridized carbons (Fsp3) is 0.278. The Morgan fingerprint density at radius 3 is 2.56 bits per heavy atom. The van der Waals surface area contributed by atoms with E-state index in [9.17, 15) is 13.5 Å². The molecule has 0 radical (unpaired) electrons. The van der Waals surface area contributed by atoms with Gasteiger partial charge in [-0.2, -0.15) is 0 Å². The van der Waals surface area contributed by atoms with Crippen molar-refractivity contribution >= 4 is 50.0 Å². The van der Waals surface area contributed by atoms with Gasteiger partial charge in [0, 0.05) is 11.4 Å². The Bertz CT molecular complexity index is 1120. The summed E-state index contributed by atoms with van der Waals surface area (Å²) in [6.07, 6.45) is 0.650. The molecule has 0 aliphatic heterocycles. The Balaban J connectivity index is 1.94. The van der Waals surface area contributed by atoms with E-state index < -0.39 is 20.7 Å². The lowest BCUT2D eigenvalue weighted by Crippen LogP contribution is -2.13. The first-order chi connectivity index (χ1) is 12.4. The van der Waals surface area contributed by atoms with Gasteiger partial charge in [0.15, 0.2) is 17.2 Å². The van der Waals surface area contributed by atoms with E-state index in [0.717, 1.165) is 6.07 Å². The zero-order valence-electron chi connectivity index (χ0n) is 14.9. The number of nitrogens with one attached hydrogen (secondary N) is 1. The highest BCUT2D eigenvalue weighted by atomic mass is 35.5. The molecular formula is C18H18Cl2N2O4S. The van der Waals surface area contributed by atoms with Crippen molar-refractivity contribution in [2.45, 2.75) is 32.1 Å². The highest BCUT2D eigenvalue weighted by Crippen LogP contribution is 2.35. The van der Waals surface area contributed by atoms with E-state index in [-0.39, 0.29) is 21.1 Å². The third-order valence-corrected chi connectivity index (χ3v) is 5.55. The number of aromatic nitrogens is 1. The van der Waals surface area contributed by atoms with Crippen LogP contribution in [-0.4, -0.2) is 18.5 Å². The van der Waals surface area contributed by atoms with Crippen LogP contribution in [-0.2, 0) is 16.4 Å². The molecule has 9 heteroatoms. The van der Waals surface area contributed by atoms with Crippen LogP contribution in [0.15, 0.2) is 39.6 Å². The van der Waals surface area contributed by atoms with Crippen LogP contribution < -0.4 is 4.72 Å². The monoisotopic (exact) mass is 428 g/mol. The van der Waals surface area contributed by atoms with Crippen LogP contribution >= 0.6 is 23.2 Å². The molecule has 0 atom stereocenters. The second-order valence-electron chi connectivity index (χ2n) is 7.37. The standard InChI is InChI=1S/C18H18Cl2N2O4S/c1-18(2,3)9-16-21-13-8-11(4-5-14(13)26-16)22-27(24,25)15-7-10(19)6-12(20)17(15)23/h4-8,22-23H,9H2,1-3H3. The van der Waals surface area contributed by atoms with Crippen molar-refractivity contribution in [1.29, 1.82) is 0 Å². The summed E-state index contributed by atoms with van der Waals surface area (Å²) in [5.74, 6) is 0.0142. The van der Waals surface area contributed by atoms with Gasteiger partial charge in [-0.3, -0.25) is 4.72 Å². The summed E-state index contributed by atoms with van der Waals surface area (Å²) in [4.78, 5) is 4.01. The van der Waals surface area contributed by atoms with Crippen molar-refractivity contribution in [1.82, 2.24) is 4.98 Å². The average Bonchev–Trinajstić information content (AvgIpc) is 2.89. The molecule has 0 aliphatic rings. The van der Waals surface area contributed by atoms with Gasteiger partial charge >= 0.3 is 0 Å². The smallest absolute Gasteiger partial charge is 0.265 e. The van der Waals surface area contributed by atoms with Gasteiger partial charge in [-0.1, -0.05) is 44.0 Å². The van der Waals surface area contributed by atoms with E-state index >= 15 is 0 Å². The minimum absolute atomic E-state index is 0.00860. The predicted molar refractivity (Wildman–Crippen MR) is 106 cm³/mol. The number of sulfonamides is 1. The van der Waals surface area contributed by atoms with Crippen molar-refractivity contribution in [2.24, 2.45) is 5.41 Å². The Hall–Kier alpha value is -1.96. The molecule has 0 saturated heterocycles. The van der Waals surface area contributed by atoms with Crippen molar-refractivity contribution in [3.05, 3.63) is 46.3 Å². The third kappa shape index (κ3) is 4.48. The number of halogens is 2. The van der Waals surface area contributed by atoms with E-state index in [1.165, 1.54) is 6.07 Å². The summed E-state index contributed by atoms with van der Waals surface area (Å²) >= 11 is 11.7. The van der Waals surface area contributed by atoms with Crippen LogP contribution in [0.1, 0.15) is 26.7 Å². The molecule has 0 fully saturated rings. The molecule has 0 amide bonds. The third-order valence-electron chi connectivity index (χ3n) is 3.65. The number of anilines is 1. The van der Waals surface area contributed by atoms with E-state index in [0.29, 0.717) is 23.4 Å². The van der Waals surface area contributed by atoms with Crippen LogP contribution in [0.25, 0.3) is 11.1 Å². The second kappa shape index (κ2) is 6.89. The zero-order valence-corrected chi connectivity index (χ0v) is 17.2. The first-order valence-corrected chi connectivity index (χ1v) is 10.3. The predicted octanol–water partition coefficient (Wildman–Crippen LogP) is 5.23. The first-order valence-electron chi connectivity index (χ1n) is 8.05. The number of oxazole rings is 1. The summed E-state index contributed by atoms with van der Waals surface area (Å²) < 4.78 is 33.3. The molecule has 3 rings (SSSR count). The number of rotatable bonds is 4. The maximum absolute atomic E-state index is 12.6. The van der Waals surface area contributed by atoms with Gasteiger partial charge in [0.2, 0.25) is 0 Å². The lowest BCUT2D eigenvalue weighted by molar-refractivity contribution is 0.362. The van der Waals surface area contributed by atoms with Crippen LogP contribution in [0.2, 0.25) is 10.0 Å². The molecule has 0 aliphatic carbocycles. The van der Waals surface area contributed by atoms with Gasteiger partial charge < -0.3 is 9.52 Å². The lowest BCUT2D eigenvalue weighted by Gasteiger charge is -2.14. The Morgan fingerprint density at radius 2 is 1.89 bits per heavy atom. The van der Waals surface area contributed by atoms with Gasteiger partial charge in [0.05, 0.1) is 10.7 Å². The molecule has 0 saturated carbocycles. The number of phenolic OH excluding ortho intramolecular Hbond substituents is 1. The Kier molecular flexibility index (Phi) is 5.05. The maximum atomic E-state index is 12.6. The molecule has 0 spiro atoms. The molecule has 1 heterocycles. The lowest BCUT2D eigenvalue weighted by atomic mass is 9.92. The van der Waals surface area contributed by atoms with E-state index in [2.05, 4.69) is 30.5 Å². The number of phenols is 1. The van der Waals surface area contributed by atoms with Crippen molar-refractivity contribution in [3.8, 4) is 5.75 Å². The summed E-state index contributed by atoms with van der Waals surface area (Å²) in [5, 5.41) is 9.92. The molecular weight excluding hydrogens is 411 g/mol. The minimum atomic E-state index is -4.11. The molecule has 1 aromatic heterocycles. The van der Waals surface area contributed by atoms with Gasteiger partial charge in [0.1, 0.15) is 10.4 Å². The number of fused-ring (bicyclic) bond motifs is 1. The van der Waals surface area contributed by atoms with Gasteiger partial charge in [-0.15, -0.1) is 0 Å². The molecule has 2 aromatic carbocycles. The minimum Gasteiger partial charge on any atom is -0.505 e. The summed E-state index contributed by atoms with van der Waals surface area (Å²) in [6.45, 7) is 6.22. The van der Waals surface area contributed by atoms with Crippen LogP contribution in [0.3, 0.4) is 0 Å².